The van der Waals surface area contributed by atoms with Gasteiger partial charge in [0.25, 0.3) is 11.6 Å². The van der Waals surface area contributed by atoms with E-state index in [0.29, 0.717) is 22.3 Å². The van der Waals surface area contributed by atoms with Gasteiger partial charge in [-0.2, -0.15) is 0 Å². The molecule has 3 aromatic carbocycles. The lowest BCUT2D eigenvalue weighted by atomic mass is 10.0. The Morgan fingerprint density at radius 3 is 2.39 bits per heavy atom. The van der Waals surface area contributed by atoms with Gasteiger partial charge in [0.2, 0.25) is 0 Å². The number of rotatable bonds is 9. The molecule has 1 atom stereocenters. The lowest BCUT2D eigenvalue weighted by Crippen LogP contribution is -2.30. The molecule has 0 fully saturated rings. The molecule has 0 aliphatic heterocycles. The van der Waals surface area contributed by atoms with E-state index in [1.807, 2.05) is 0 Å². The van der Waals surface area contributed by atoms with Crippen LogP contribution in [0.25, 0.3) is 10.8 Å². The van der Waals surface area contributed by atoms with Crippen molar-refractivity contribution in [3.8, 4) is 17.2 Å². The minimum Gasteiger partial charge on any atom is -0.506 e. The maximum Gasteiger partial charge on any atom is 0.269 e. The quantitative estimate of drug-likeness (QED) is 0.272. The van der Waals surface area contributed by atoms with Crippen molar-refractivity contribution in [2.45, 2.75) is 13.0 Å². The van der Waals surface area contributed by atoms with Gasteiger partial charge in [-0.15, -0.1) is 0 Å². The lowest BCUT2D eigenvalue weighted by molar-refractivity contribution is -0.384. The number of non-ortho nitro benzene ring substituents is 1. The van der Waals surface area contributed by atoms with Gasteiger partial charge < -0.3 is 25.0 Å². The number of nitro benzene ring substituents is 1. The minimum absolute atomic E-state index is 0.0273. The molecule has 3 N–H and O–H groups in total. The molecular weight excluding hydrogens is 404 g/mol. The highest BCUT2D eigenvalue weighted by atomic mass is 16.6. The van der Waals surface area contributed by atoms with E-state index >= 15 is 0 Å². The molecule has 9 heteroatoms. The van der Waals surface area contributed by atoms with E-state index in [0.717, 1.165) is 0 Å². The number of nitrogens with zero attached hydrogens (tertiary/aromatic N) is 1. The lowest BCUT2D eigenvalue weighted by Gasteiger charge is -2.15. The van der Waals surface area contributed by atoms with Gasteiger partial charge in [0.05, 0.1) is 16.6 Å². The molecule has 31 heavy (non-hydrogen) atoms. The number of ether oxygens (including phenoxy) is 2. The van der Waals surface area contributed by atoms with Crippen molar-refractivity contribution in [2.75, 3.05) is 19.8 Å². The number of aromatic hydroxyl groups is 1. The highest BCUT2D eigenvalue weighted by Gasteiger charge is 2.18. The Kier molecular flexibility index (Phi) is 6.88. The average Bonchev–Trinajstić information content (AvgIpc) is 2.76. The smallest absolute Gasteiger partial charge is 0.269 e. The molecule has 0 aliphatic rings. The Morgan fingerprint density at radius 2 is 1.74 bits per heavy atom. The van der Waals surface area contributed by atoms with Crippen molar-refractivity contribution in [1.82, 2.24) is 5.32 Å². The third kappa shape index (κ3) is 5.40. The zero-order valence-electron chi connectivity index (χ0n) is 16.8. The molecule has 3 rings (SSSR count). The number of phenolic OH excluding ortho intramolecular Hbond substituents is 1. The Morgan fingerprint density at radius 1 is 1.10 bits per heavy atom. The largest absolute Gasteiger partial charge is 0.506 e. The third-order valence-electron chi connectivity index (χ3n) is 4.44. The van der Waals surface area contributed by atoms with Crippen LogP contribution in [0.4, 0.5) is 5.69 Å². The van der Waals surface area contributed by atoms with E-state index in [1.165, 1.54) is 30.3 Å². The SMILES string of the molecule is CC(O)CNC(=O)c1cc(OCCOc2ccc([N+](=O)[O-])cc2)c2ccccc2c1O. The monoisotopic (exact) mass is 426 g/mol. The molecule has 1 amide bonds. The Labute approximate surface area is 178 Å². The van der Waals surface area contributed by atoms with Gasteiger partial charge in [0.1, 0.15) is 30.5 Å². The molecule has 0 radical (unpaired) electrons. The molecule has 9 nitrogen and oxygen atoms in total. The summed E-state index contributed by atoms with van der Waals surface area (Å²) in [6, 6.07) is 14.1. The van der Waals surface area contributed by atoms with Crippen molar-refractivity contribution in [2.24, 2.45) is 0 Å². The fourth-order valence-corrected chi connectivity index (χ4v) is 2.93. The van der Waals surface area contributed by atoms with Gasteiger partial charge in [-0.3, -0.25) is 14.9 Å². The van der Waals surface area contributed by atoms with E-state index < -0.39 is 16.9 Å². The maximum absolute atomic E-state index is 12.4. The van der Waals surface area contributed by atoms with E-state index in [-0.39, 0.29) is 36.8 Å². The maximum atomic E-state index is 12.4. The van der Waals surface area contributed by atoms with Crippen LogP contribution in [0, 0.1) is 10.1 Å². The second-order valence-electron chi connectivity index (χ2n) is 6.82. The van der Waals surface area contributed by atoms with E-state index in [9.17, 15) is 25.1 Å². The minimum atomic E-state index is -0.723. The summed E-state index contributed by atoms with van der Waals surface area (Å²) in [4.78, 5) is 22.7. The summed E-state index contributed by atoms with van der Waals surface area (Å²) in [5.74, 6) is 0.148. The highest BCUT2D eigenvalue weighted by Crippen LogP contribution is 2.36. The van der Waals surface area contributed by atoms with Crippen molar-refractivity contribution >= 4 is 22.4 Å². The third-order valence-corrected chi connectivity index (χ3v) is 4.44. The number of aliphatic hydroxyl groups excluding tert-OH is 1. The summed E-state index contributed by atoms with van der Waals surface area (Å²) in [6.45, 7) is 1.89. The average molecular weight is 426 g/mol. The summed E-state index contributed by atoms with van der Waals surface area (Å²) in [7, 11) is 0. The van der Waals surface area contributed by atoms with Crippen molar-refractivity contribution < 1.29 is 29.4 Å². The Bertz CT molecular complexity index is 1080. The molecule has 1 unspecified atom stereocenters. The normalized spacial score (nSPS) is 11.7. The summed E-state index contributed by atoms with van der Waals surface area (Å²) in [6.07, 6.45) is -0.723. The summed E-state index contributed by atoms with van der Waals surface area (Å²) < 4.78 is 11.3. The first-order valence-corrected chi connectivity index (χ1v) is 9.58. The van der Waals surface area contributed by atoms with Crippen LogP contribution < -0.4 is 14.8 Å². The van der Waals surface area contributed by atoms with Crippen LogP contribution in [-0.4, -0.2) is 46.9 Å². The summed E-state index contributed by atoms with van der Waals surface area (Å²) in [5, 5.41) is 34.2. The van der Waals surface area contributed by atoms with Gasteiger partial charge >= 0.3 is 0 Å². The fourth-order valence-electron chi connectivity index (χ4n) is 2.93. The van der Waals surface area contributed by atoms with Crippen molar-refractivity contribution in [1.29, 1.82) is 0 Å². The zero-order chi connectivity index (χ0) is 22.4. The number of carbonyl (C=O) groups is 1. The van der Waals surface area contributed by atoms with Crippen LogP contribution in [0.15, 0.2) is 54.6 Å². The van der Waals surface area contributed by atoms with E-state index in [1.54, 1.807) is 31.2 Å². The number of nitrogens with one attached hydrogen (secondary N) is 1. The van der Waals surface area contributed by atoms with Crippen LogP contribution in [0.2, 0.25) is 0 Å². The number of benzene rings is 3. The Hall–Kier alpha value is -3.85. The second kappa shape index (κ2) is 9.77. The molecule has 3 aromatic rings. The molecule has 0 aliphatic carbocycles. The molecule has 0 saturated heterocycles. The molecule has 0 bridgehead atoms. The topological polar surface area (TPSA) is 131 Å². The summed E-state index contributed by atoms with van der Waals surface area (Å²) in [5.41, 5.74) is 0.00574. The van der Waals surface area contributed by atoms with Crippen LogP contribution in [0.3, 0.4) is 0 Å². The fraction of sp³-hybridized carbons (Fsp3) is 0.227. The highest BCUT2D eigenvalue weighted by molar-refractivity contribution is 6.05. The number of nitro groups is 1. The number of hydrogen-bond acceptors (Lipinski definition) is 7. The van der Waals surface area contributed by atoms with Crippen molar-refractivity contribution in [3.05, 3.63) is 70.3 Å². The van der Waals surface area contributed by atoms with Crippen molar-refractivity contribution in [3.63, 3.8) is 0 Å². The number of fused-ring (bicyclic) bond motifs is 1. The predicted molar refractivity (Wildman–Crippen MR) is 114 cm³/mol. The molecule has 0 heterocycles. The van der Waals surface area contributed by atoms with Crippen LogP contribution in [0.5, 0.6) is 17.2 Å². The van der Waals surface area contributed by atoms with Gasteiger partial charge in [-0.1, -0.05) is 24.3 Å². The van der Waals surface area contributed by atoms with Gasteiger partial charge in [0.15, 0.2) is 0 Å². The first-order chi connectivity index (χ1) is 14.9. The first-order valence-electron chi connectivity index (χ1n) is 9.58. The standard InChI is InChI=1S/C22H22N2O7/c1-14(25)13-23-22(27)19-12-20(17-4-2-3-5-18(17)21(19)26)31-11-10-30-16-8-6-15(7-9-16)24(28)29/h2-9,12,14,25-26H,10-11,13H2,1H3,(H,23,27). The van der Waals surface area contributed by atoms with E-state index in [4.69, 9.17) is 9.47 Å². The van der Waals surface area contributed by atoms with Crippen LogP contribution >= 0.6 is 0 Å². The number of hydrogen-bond donors (Lipinski definition) is 3. The molecule has 0 saturated carbocycles. The molecule has 162 valence electrons. The predicted octanol–water partition coefficient (Wildman–Crippen LogP) is 3.02. The number of aliphatic hydroxyl groups is 1. The van der Waals surface area contributed by atoms with Gasteiger partial charge in [0, 0.05) is 29.4 Å². The molecular formula is C22H22N2O7. The van der Waals surface area contributed by atoms with Gasteiger partial charge in [-0.05, 0) is 25.1 Å². The Balaban J connectivity index is 1.72. The zero-order valence-corrected chi connectivity index (χ0v) is 16.8. The van der Waals surface area contributed by atoms with Crippen LogP contribution in [0.1, 0.15) is 17.3 Å². The van der Waals surface area contributed by atoms with Gasteiger partial charge in [-0.25, -0.2) is 0 Å². The number of amides is 1. The van der Waals surface area contributed by atoms with Crippen LogP contribution in [-0.2, 0) is 0 Å². The summed E-state index contributed by atoms with van der Waals surface area (Å²) >= 11 is 0. The number of carbonyl (C=O) groups excluding carboxylic acids is 1. The first kappa shape index (κ1) is 21.8. The number of phenols is 1. The second-order valence-corrected chi connectivity index (χ2v) is 6.82. The molecule has 0 spiro atoms. The van der Waals surface area contributed by atoms with E-state index in [2.05, 4.69) is 5.32 Å². The molecule has 0 aromatic heterocycles.